The molecular formula is C14H21F2N5O2S. The van der Waals surface area contributed by atoms with E-state index in [9.17, 15) is 17.2 Å². The van der Waals surface area contributed by atoms with E-state index in [-0.39, 0.29) is 23.1 Å². The SMILES string of the molecule is Cc1cc(C)n(CC(C)CNS(=O)(=O)c2cn(C(F)F)nc2C)n1. The summed E-state index contributed by atoms with van der Waals surface area (Å²) in [5, 5.41) is 7.85. The van der Waals surface area contributed by atoms with E-state index in [1.807, 2.05) is 31.5 Å². The molecule has 0 saturated heterocycles. The van der Waals surface area contributed by atoms with Crippen LogP contribution in [0.2, 0.25) is 0 Å². The molecule has 0 amide bonds. The molecule has 0 saturated carbocycles. The van der Waals surface area contributed by atoms with E-state index in [2.05, 4.69) is 14.9 Å². The van der Waals surface area contributed by atoms with Crippen LogP contribution in [-0.2, 0) is 16.6 Å². The summed E-state index contributed by atoms with van der Waals surface area (Å²) in [6.45, 7) is 4.93. The van der Waals surface area contributed by atoms with Gasteiger partial charge in [-0.25, -0.2) is 17.8 Å². The molecule has 2 aromatic rings. The number of hydrogen-bond acceptors (Lipinski definition) is 4. The molecule has 0 aliphatic rings. The maximum atomic E-state index is 12.6. The average Bonchev–Trinajstić information content (AvgIpc) is 3.00. The van der Waals surface area contributed by atoms with Crippen molar-refractivity contribution < 1.29 is 17.2 Å². The minimum absolute atomic E-state index is 0.0248. The fraction of sp³-hybridized carbons (Fsp3) is 0.571. The van der Waals surface area contributed by atoms with E-state index in [0.29, 0.717) is 11.2 Å². The highest BCUT2D eigenvalue weighted by molar-refractivity contribution is 7.89. The zero-order chi connectivity index (χ0) is 18.1. The van der Waals surface area contributed by atoms with Gasteiger partial charge in [0.05, 0.1) is 17.6 Å². The first kappa shape index (κ1) is 18.5. The topological polar surface area (TPSA) is 81.8 Å². The van der Waals surface area contributed by atoms with Gasteiger partial charge < -0.3 is 0 Å². The maximum absolute atomic E-state index is 12.6. The summed E-state index contributed by atoms with van der Waals surface area (Å²) in [4.78, 5) is -0.235. The molecule has 134 valence electrons. The van der Waals surface area contributed by atoms with Crippen LogP contribution in [-0.4, -0.2) is 34.5 Å². The summed E-state index contributed by atoms with van der Waals surface area (Å²) in [5.74, 6) is -0.0248. The van der Waals surface area contributed by atoms with Crippen LogP contribution in [0.1, 0.15) is 30.6 Å². The van der Waals surface area contributed by atoms with E-state index < -0.39 is 16.6 Å². The van der Waals surface area contributed by atoms with Crippen molar-refractivity contribution in [2.75, 3.05) is 6.54 Å². The van der Waals surface area contributed by atoms with Gasteiger partial charge in [-0.3, -0.25) is 4.68 Å². The van der Waals surface area contributed by atoms with Gasteiger partial charge in [-0.1, -0.05) is 6.92 Å². The summed E-state index contributed by atoms with van der Waals surface area (Å²) in [5.41, 5.74) is 1.93. The first-order valence-corrected chi connectivity index (χ1v) is 8.93. The van der Waals surface area contributed by atoms with Crippen LogP contribution in [0.4, 0.5) is 8.78 Å². The van der Waals surface area contributed by atoms with Crippen molar-refractivity contribution in [3.8, 4) is 0 Å². The number of halogens is 2. The first-order chi connectivity index (χ1) is 11.1. The molecule has 1 atom stereocenters. The molecule has 0 bridgehead atoms. The summed E-state index contributed by atoms with van der Waals surface area (Å²) >= 11 is 0. The zero-order valence-electron chi connectivity index (χ0n) is 14.0. The molecule has 2 aromatic heterocycles. The van der Waals surface area contributed by atoms with E-state index >= 15 is 0 Å². The molecule has 0 fully saturated rings. The Labute approximate surface area is 139 Å². The number of nitrogens with one attached hydrogen (secondary N) is 1. The Morgan fingerprint density at radius 3 is 2.42 bits per heavy atom. The zero-order valence-corrected chi connectivity index (χ0v) is 14.8. The van der Waals surface area contributed by atoms with Crippen molar-refractivity contribution in [2.24, 2.45) is 5.92 Å². The highest BCUT2D eigenvalue weighted by Crippen LogP contribution is 2.18. The third kappa shape index (κ3) is 4.18. The normalized spacial score (nSPS) is 13.6. The summed E-state index contributed by atoms with van der Waals surface area (Å²) in [6, 6.07) is 1.94. The van der Waals surface area contributed by atoms with Crippen LogP contribution in [0.5, 0.6) is 0 Å². The molecule has 7 nitrogen and oxygen atoms in total. The summed E-state index contributed by atoms with van der Waals surface area (Å²) < 4.78 is 54.4. The van der Waals surface area contributed by atoms with E-state index in [4.69, 9.17) is 0 Å². The van der Waals surface area contributed by atoms with E-state index in [1.165, 1.54) is 6.92 Å². The lowest BCUT2D eigenvalue weighted by Gasteiger charge is -2.14. The second-order valence-corrected chi connectivity index (χ2v) is 7.64. The van der Waals surface area contributed by atoms with Gasteiger partial charge in [0.2, 0.25) is 10.0 Å². The maximum Gasteiger partial charge on any atom is 0.333 e. The Morgan fingerprint density at radius 1 is 1.25 bits per heavy atom. The van der Waals surface area contributed by atoms with Crippen LogP contribution in [0.25, 0.3) is 0 Å². The number of alkyl halides is 2. The molecule has 2 rings (SSSR count). The molecule has 0 aliphatic carbocycles. The second kappa shape index (κ2) is 6.98. The Kier molecular flexibility index (Phi) is 5.38. The average molecular weight is 361 g/mol. The summed E-state index contributed by atoms with van der Waals surface area (Å²) in [7, 11) is -3.89. The third-order valence-corrected chi connectivity index (χ3v) is 5.10. The second-order valence-electron chi connectivity index (χ2n) is 5.90. The number of rotatable bonds is 7. The largest absolute Gasteiger partial charge is 0.333 e. The Morgan fingerprint density at radius 2 is 1.92 bits per heavy atom. The van der Waals surface area contributed by atoms with Crippen molar-refractivity contribution in [1.82, 2.24) is 24.3 Å². The van der Waals surface area contributed by atoms with Crippen LogP contribution in [0, 0.1) is 26.7 Å². The molecule has 0 aliphatic heterocycles. The Balaban J connectivity index is 2.03. The Hall–Kier alpha value is -1.81. The minimum Gasteiger partial charge on any atom is -0.269 e. The molecule has 10 heteroatoms. The quantitative estimate of drug-likeness (QED) is 0.818. The smallest absolute Gasteiger partial charge is 0.269 e. The fourth-order valence-electron chi connectivity index (χ4n) is 2.38. The standard InChI is InChI=1S/C14H21F2N5O2S/c1-9(7-20-11(3)5-10(2)18-20)6-17-24(22,23)13-8-21(14(15)16)19-12(13)4/h5,8-9,14,17H,6-7H2,1-4H3. The Bertz CT molecular complexity index is 813. The van der Waals surface area contributed by atoms with Gasteiger partial charge in [0, 0.05) is 18.8 Å². The van der Waals surface area contributed by atoms with Crippen LogP contribution >= 0.6 is 0 Å². The molecule has 0 aromatic carbocycles. The van der Waals surface area contributed by atoms with Gasteiger partial charge in [-0.15, -0.1) is 0 Å². The molecule has 1 unspecified atom stereocenters. The van der Waals surface area contributed by atoms with E-state index in [1.54, 1.807) is 0 Å². The van der Waals surface area contributed by atoms with Gasteiger partial charge in [0.1, 0.15) is 4.90 Å². The van der Waals surface area contributed by atoms with Crippen molar-refractivity contribution in [3.05, 3.63) is 29.3 Å². The molecule has 0 spiro atoms. The van der Waals surface area contributed by atoms with Crippen molar-refractivity contribution in [3.63, 3.8) is 0 Å². The van der Waals surface area contributed by atoms with E-state index in [0.717, 1.165) is 17.6 Å². The minimum atomic E-state index is -3.89. The van der Waals surface area contributed by atoms with Gasteiger partial charge in [0.15, 0.2) is 0 Å². The number of nitrogens with zero attached hydrogens (tertiary/aromatic N) is 4. The van der Waals surface area contributed by atoms with Gasteiger partial charge in [-0.05, 0) is 32.8 Å². The third-order valence-electron chi connectivity index (χ3n) is 3.57. The van der Waals surface area contributed by atoms with Crippen LogP contribution < -0.4 is 4.72 Å². The molecule has 24 heavy (non-hydrogen) atoms. The number of hydrogen-bond donors (Lipinski definition) is 1. The monoisotopic (exact) mass is 361 g/mol. The summed E-state index contributed by atoms with van der Waals surface area (Å²) in [6.07, 6.45) is 0.841. The molecular weight excluding hydrogens is 340 g/mol. The van der Waals surface area contributed by atoms with Crippen LogP contribution in [0.15, 0.2) is 17.2 Å². The number of sulfonamides is 1. The first-order valence-electron chi connectivity index (χ1n) is 7.44. The highest BCUT2D eigenvalue weighted by atomic mass is 32.2. The number of aryl methyl sites for hydroxylation is 3. The van der Waals surface area contributed by atoms with Crippen LogP contribution in [0.3, 0.4) is 0 Å². The lowest BCUT2D eigenvalue weighted by atomic mass is 10.2. The number of aromatic nitrogens is 4. The molecule has 0 radical (unpaired) electrons. The lowest BCUT2D eigenvalue weighted by molar-refractivity contribution is 0.0561. The predicted octanol–water partition coefficient (Wildman–Crippen LogP) is 2.01. The molecule has 2 heterocycles. The van der Waals surface area contributed by atoms with Gasteiger partial charge in [0.25, 0.3) is 0 Å². The lowest BCUT2D eigenvalue weighted by Crippen LogP contribution is -2.30. The van der Waals surface area contributed by atoms with Crippen molar-refractivity contribution >= 4 is 10.0 Å². The predicted molar refractivity (Wildman–Crippen MR) is 84.3 cm³/mol. The van der Waals surface area contributed by atoms with Crippen molar-refractivity contribution in [1.29, 1.82) is 0 Å². The molecule has 1 N–H and O–H groups in total. The van der Waals surface area contributed by atoms with Crippen molar-refractivity contribution in [2.45, 2.75) is 45.7 Å². The van der Waals surface area contributed by atoms with Gasteiger partial charge in [-0.2, -0.15) is 19.0 Å². The fourth-order valence-corrected chi connectivity index (χ4v) is 3.71. The van der Waals surface area contributed by atoms with Gasteiger partial charge >= 0.3 is 6.55 Å². The highest BCUT2D eigenvalue weighted by Gasteiger charge is 2.23.